The molecule has 1 aromatic heterocycles. The lowest BCUT2D eigenvalue weighted by Gasteiger charge is -2.22. The van der Waals surface area contributed by atoms with Crippen molar-refractivity contribution in [2.75, 3.05) is 20.2 Å². The Balaban J connectivity index is 1.72. The first kappa shape index (κ1) is 23.4. The Hall–Kier alpha value is -3.77. The molecule has 2 aromatic carbocycles. The van der Waals surface area contributed by atoms with Gasteiger partial charge >= 0.3 is 0 Å². The molecule has 9 heteroatoms. The summed E-state index contributed by atoms with van der Waals surface area (Å²) in [5.74, 6) is -1.27. The second-order valence-electron chi connectivity index (χ2n) is 8.34. The number of hydrogen-bond donors (Lipinski definition) is 1. The average molecular weight is 466 g/mol. The first-order valence-electron chi connectivity index (χ1n) is 11.0. The Kier molecular flexibility index (Phi) is 6.89. The number of carbonyl (C=O) groups excluding carboxylic acids is 1. The number of aromatic nitrogens is 2. The molecule has 1 atom stereocenters. The fraction of sp³-hybridized carbons (Fsp3) is 0.320. The van der Waals surface area contributed by atoms with Gasteiger partial charge in [-0.3, -0.25) is 9.48 Å². The van der Waals surface area contributed by atoms with Gasteiger partial charge in [-0.2, -0.15) is 10.4 Å². The van der Waals surface area contributed by atoms with Gasteiger partial charge in [0.25, 0.3) is 0 Å². The maximum absolute atomic E-state index is 14.4. The van der Waals surface area contributed by atoms with E-state index in [1.807, 2.05) is 0 Å². The zero-order chi connectivity index (χ0) is 24.2. The molecule has 0 radical (unpaired) electrons. The SMILES string of the molecule is COc1ccc(-c2cn(CC(=O)N3CCCCC(N)C3)nc2-c2ccc(C#N)c(F)c2)cc1F. The predicted octanol–water partition coefficient (Wildman–Crippen LogP) is 3.72. The highest BCUT2D eigenvalue weighted by atomic mass is 19.1. The van der Waals surface area contributed by atoms with Gasteiger partial charge < -0.3 is 15.4 Å². The molecule has 0 bridgehead atoms. The van der Waals surface area contributed by atoms with Crippen molar-refractivity contribution in [3.8, 4) is 34.2 Å². The van der Waals surface area contributed by atoms with E-state index in [2.05, 4.69) is 5.10 Å². The van der Waals surface area contributed by atoms with E-state index in [0.717, 1.165) is 19.3 Å². The highest BCUT2D eigenvalue weighted by molar-refractivity contribution is 5.82. The quantitative estimate of drug-likeness (QED) is 0.620. The predicted molar refractivity (Wildman–Crippen MR) is 123 cm³/mol. The zero-order valence-electron chi connectivity index (χ0n) is 18.8. The number of carbonyl (C=O) groups is 1. The third-order valence-corrected chi connectivity index (χ3v) is 5.95. The number of halogens is 2. The van der Waals surface area contributed by atoms with Gasteiger partial charge in [-0.25, -0.2) is 8.78 Å². The first-order chi connectivity index (χ1) is 16.4. The smallest absolute Gasteiger partial charge is 0.244 e. The molecule has 1 aliphatic rings. The molecule has 0 saturated carbocycles. The van der Waals surface area contributed by atoms with E-state index in [4.69, 9.17) is 15.7 Å². The Morgan fingerprint density at radius 2 is 1.97 bits per heavy atom. The summed E-state index contributed by atoms with van der Waals surface area (Å²) in [6, 6.07) is 10.4. The average Bonchev–Trinajstić information content (AvgIpc) is 3.11. The molecule has 0 spiro atoms. The van der Waals surface area contributed by atoms with Crippen LogP contribution in [0.4, 0.5) is 8.78 Å². The molecule has 1 amide bonds. The van der Waals surface area contributed by atoms with Crippen molar-refractivity contribution in [2.24, 2.45) is 5.73 Å². The summed E-state index contributed by atoms with van der Waals surface area (Å²) in [5, 5.41) is 13.6. The van der Waals surface area contributed by atoms with Crippen molar-refractivity contribution in [3.63, 3.8) is 0 Å². The van der Waals surface area contributed by atoms with Crippen LogP contribution in [0.15, 0.2) is 42.6 Å². The summed E-state index contributed by atoms with van der Waals surface area (Å²) >= 11 is 0. The molecule has 0 aliphatic carbocycles. The van der Waals surface area contributed by atoms with Gasteiger partial charge in [-0.05, 0) is 42.7 Å². The number of amides is 1. The molecule has 2 N–H and O–H groups in total. The third kappa shape index (κ3) is 4.92. The molecule has 3 aromatic rings. The van der Waals surface area contributed by atoms with Gasteiger partial charge in [0.1, 0.15) is 24.1 Å². The Labute approximate surface area is 196 Å². The number of nitrogens with two attached hydrogens (primary N) is 1. The van der Waals surface area contributed by atoms with Crippen LogP contribution < -0.4 is 10.5 Å². The van der Waals surface area contributed by atoms with E-state index in [9.17, 15) is 13.6 Å². The van der Waals surface area contributed by atoms with Crippen LogP contribution in [-0.2, 0) is 11.3 Å². The lowest BCUT2D eigenvalue weighted by molar-refractivity contribution is -0.132. The third-order valence-electron chi connectivity index (χ3n) is 5.95. The van der Waals surface area contributed by atoms with Crippen LogP contribution >= 0.6 is 0 Å². The molecule has 176 valence electrons. The van der Waals surface area contributed by atoms with Gasteiger partial charge in [-0.1, -0.05) is 18.6 Å². The van der Waals surface area contributed by atoms with Gasteiger partial charge in [0.05, 0.1) is 12.7 Å². The van der Waals surface area contributed by atoms with Crippen molar-refractivity contribution < 1.29 is 18.3 Å². The topological polar surface area (TPSA) is 97.2 Å². The molecule has 4 rings (SSSR count). The summed E-state index contributed by atoms with van der Waals surface area (Å²) < 4.78 is 35.3. The van der Waals surface area contributed by atoms with Crippen LogP contribution in [0.5, 0.6) is 5.75 Å². The molecular formula is C25H25F2N5O2. The number of rotatable bonds is 5. The Morgan fingerprint density at radius 1 is 1.21 bits per heavy atom. The lowest BCUT2D eigenvalue weighted by Crippen LogP contribution is -2.41. The highest BCUT2D eigenvalue weighted by Crippen LogP contribution is 2.34. The van der Waals surface area contributed by atoms with Crippen molar-refractivity contribution in [2.45, 2.75) is 31.8 Å². The van der Waals surface area contributed by atoms with Crippen LogP contribution in [0.3, 0.4) is 0 Å². The molecule has 2 heterocycles. The highest BCUT2D eigenvalue weighted by Gasteiger charge is 2.22. The van der Waals surface area contributed by atoms with Crippen LogP contribution in [0, 0.1) is 23.0 Å². The zero-order valence-corrected chi connectivity index (χ0v) is 18.8. The number of nitrogens with zero attached hydrogens (tertiary/aromatic N) is 4. The summed E-state index contributed by atoms with van der Waals surface area (Å²) in [6.45, 7) is 1.10. The fourth-order valence-corrected chi connectivity index (χ4v) is 4.15. The van der Waals surface area contributed by atoms with Crippen molar-refractivity contribution >= 4 is 5.91 Å². The van der Waals surface area contributed by atoms with Crippen LogP contribution in [0.1, 0.15) is 24.8 Å². The minimum Gasteiger partial charge on any atom is -0.494 e. The Morgan fingerprint density at radius 3 is 2.68 bits per heavy atom. The molecule has 1 saturated heterocycles. The molecule has 1 fully saturated rings. The largest absolute Gasteiger partial charge is 0.494 e. The second-order valence-corrected chi connectivity index (χ2v) is 8.34. The van der Waals surface area contributed by atoms with E-state index < -0.39 is 11.6 Å². The van der Waals surface area contributed by atoms with E-state index in [-0.39, 0.29) is 29.8 Å². The van der Waals surface area contributed by atoms with Gasteiger partial charge in [-0.15, -0.1) is 0 Å². The van der Waals surface area contributed by atoms with Crippen molar-refractivity contribution in [3.05, 3.63) is 59.8 Å². The molecule has 34 heavy (non-hydrogen) atoms. The van der Waals surface area contributed by atoms with Crippen molar-refractivity contribution in [1.82, 2.24) is 14.7 Å². The van der Waals surface area contributed by atoms with Gasteiger partial charge in [0, 0.05) is 36.5 Å². The monoisotopic (exact) mass is 465 g/mol. The van der Waals surface area contributed by atoms with Gasteiger partial charge in [0.2, 0.25) is 5.91 Å². The number of hydrogen-bond acceptors (Lipinski definition) is 5. The second kappa shape index (κ2) is 10.0. The summed E-state index contributed by atoms with van der Waals surface area (Å²) in [6.07, 6.45) is 4.40. The number of ether oxygens (including phenoxy) is 1. The number of benzene rings is 2. The maximum Gasteiger partial charge on any atom is 0.244 e. The number of methoxy groups -OCH3 is 1. The van der Waals surface area contributed by atoms with E-state index in [0.29, 0.717) is 35.5 Å². The lowest BCUT2D eigenvalue weighted by atomic mass is 10.0. The normalized spacial score (nSPS) is 16.1. The number of nitriles is 1. The summed E-state index contributed by atoms with van der Waals surface area (Å²) in [7, 11) is 1.38. The molecule has 1 aliphatic heterocycles. The minimum atomic E-state index is -0.684. The van der Waals surface area contributed by atoms with Crippen LogP contribution in [-0.4, -0.2) is 46.8 Å². The maximum atomic E-state index is 14.4. The minimum absolute atomic E-state index is 0.0306. The fourth-order valence-electron chi connectivity index (χ4n) is 4.15. The Bertz CT molecular complexity index is 1250. The molecular weight excluding hydrogens is 440 g/mol. The van der Waals surface area contributed by atoms with Crippen LogP contribution in [0.25, 0.3) is 22.4 Å². The van der Waals surface area contributed by atoms with E-state index in [1.54, 1.807) is 29.3 Å². The summed E-state index contributed by atoms with van der Waals surface area (Å²) in [4.78, 5) is 14.7. The van der Waals surface area contributed by atoms with E-state index in [1.165, 1.54) is 36.1 Å². The standard InChI is InChI=1S/C25H25F2N5O2/c1-34-23-8-7-16(10-22(23)27)20-14-32(15-24(33)31-9-3-2-4-19(29)13-31)30-25(20)17-5-6-18(12-28)21(26)11-17/h5-8,10-11,14,19H,2-4,9,13,15,29H2,1H3. The number of likely N-dealkylation sites (tertiary alicyclic amines) is 1. The molecule has 7 nitrogen and oxygen atoms in total. The van der Waals surface area contributed by atoms with E-state index >= 15 is 0 Å². The van der Waals surface area contributed by atoms with Crippen molar-refractivity contribution in [1.29, 1.82) is 5.26 Å². The van der Waals surface area contributed by atoms with Gasteiger partial charge in [0.15, 0.2) is 11.6 Å². The summed E-state index contributed by atoms with van der Waals surface area (Å²) in [5.41, 5.74) is 7.79. The first-order valence-corrected chi connectivity index (χ1v) is 11.0. The molecule has 1 unspecified atom stereocenters. The van der Waals surface area contributed by atoms with Crippen LogP contribution in [0.2, 0.25) is 0 Å².